The molecule has 2 atom stereocenters. The molecule has 1 aliphatic rings. The number of hydrogen-bond acceptors (Lipinski definition) is 4. The van der Waals surface area contributed by atoms with E-state index in [2.05, 4.69) is 59.5 Å². The molecule has 6 heteroatoms. The molecule has 1 aromatic heterocycles. The van der Waals surface area contributed by atoms with Gasteiger partial charge < -0.3 is 10.4 Å². The van der Waals surface area contributed by atoms with Crippen molar-refractivity contribution in [2.75, 3.05) is 19.6 Å². The number of nitrogens with zero attached hydrogens (tertiary/aromatic N) is 3. The minimum Gasteiger partial charge on any atom is -0.392 e. The van der Waals surface area contributed by atoms with Crippen molar-refractivity contribution in [2.45, 2.75) is 38.8 Å². The zero-order valence-electron chi connectivity index (χ0n) is 17.6. The van der Waals surface area contributed by atoms with Gasteiger partial charge in [-0.3, -0.25) is 14.4 Å². The highest BCUT2D eigenvalue weighted by atomic mass is 16.3. The fourth-order valence-corrected chi connectivity index (χ4v) is 3.80. The van der Waals surface area contributed by atoms with E-state index in [1.54, 1.807) is 24.0 Å². The first-order valence-electron chi connectivity index (χ1n) is 10.4. The number of aryl methyl sites for hydroxylation is 1. The van der Waals surface area contributed by atoms with E-state index in [4.69, 9.17) is 0 Å². The second kappa shape index (κ2) is 9.85. The molecule has 1 fully saturated rings. The average molecular weight is 397 g/mol. The van der Waals surface area contributed by atoms with Gasteiger partial charge in [-0.15, -0.1) is 0 Å². The Balaban J connectivity index is 1.69. The molecule has 0 radical (unpaired) electrons. The number of nitrogens with one attached hydrogen (secondary N) is 1. The third kappa shape index (κ3) is 6.02. The number of allylic oxidation sites excluding steroid dienone is 1. The van der Waals surface area contributed by atoms with Gasteiger partial charge in [-0.1, -0.05) is 50.3 Å². The first-order valence-corrected chi connectivity index (χ1v) is 10.4. The van der Waals surface area contributed by atoms with Crippen LogP contribution in [0.15, 0.2) is 48.7 Å². The number of rotatable bonds is 7. The number of aliphatic hydroxyl groups is 1. The molecule has 2 N–H and O–H groups in total. The Morgan fingerprint density at radius 2 is 2.03 bits per heavy atom. The summed E-state index contributed by atoms with van der Waals surface area (Å²) in [6.45, 7) is 6.52. The van der Waals surface area contributed by atoms with Crippen molar-refractivity contribution in [1.29, 1.82) is 0 Å². The quantitative estimate of drug-likeness (QED) is 0.755. The molecule has 2 heterocycles. The van der Waals surface area contributed by atoms with Gasteiger partial charge in [-0.25, -0.2) is 0 Å². The minimum atomic E-state index is -0.456. The molecule has 0 saturated carbocycles. The van der Waals surface area contributed by atoms with Crippen LogP contribution in [0.25, 0.3) is 5.57 Å². The second-order valence-electron chi connectivity index (χ2n) is 8.32. The highest BCUT2D eigenvalue weighted by Gasteiger charge is 2.28. The Hall–Kier alpha value is -2.44. The molecule has 0 unspecified atom stereocenters. The summed E-state index contributed by atoms with van der Waals surface area (Å²) in [5, 5.41) is 17.5. The number of aromatic nitrogens is 2. The maximum Gasteiger partial charge on any atom is 0.269 e. The molecule has 1 saturated heterocycles. The van der Waals surface area contributed by atoms with E-state index in [0.29, 0.717) is 31.1 Å². The van der Waals surface area contributed by atoms with Gasteiger partial charge in [0, 0.05) is 38.9 Å². The Bertz CT molecular complexity index is 828. The Labute approximate surface area is 173 Å². The fourth-order valence-electron chi connectivity index (χ4n) is 3.80. The number of carbonyl (C=O) groups excluding carboxylic acids is 1. The summed E-state index contributed by atoms with van der Waals surface area (Å²) in [5.74, 6) is 0.439. The average Bonchev–Trinajstić information content (AvgIpc) is 3.11. The van der Waals surface area contributed by atoms with Crippen molar-refractivity contribution in [3.63, 3.8) is 0 Å². The van der Waals surface area contributed by atoms with Gasteiger partial charge in [0.05, 0.1) is 6.10 Å². The molecule has 2 aromatic rings. The molecule has 1 aliphatic heterocycles. The third-order valence-corrected chi connectivity index (χ3v) is 5.27. The van der Waals surface area contributed by atoms with Crippen LogP contribution >= 0.6 is 0 Å². The summed E-state index contributed by atoms with van der Waals surface area (Å²) in [6.07, 6.45) is 5.05. The first-order chi connectivity index (χ1) is 13.9. The highest BCUT2D eigenvalue weighted by Crippen LogP contribution is 2.21. The number of benzene rings is 1. The van der Waals surface area contributed by atoms with Gasteiger partial charge >= 0.3 is 0 Å². The molecule has 3 rings (SSSR count). The number of piperidine rings is 1. The molecule has 6 nitrogen and oxygen atoms in total. The van der Waals surface area contributed by atoms with Crippen LogP contribution in [-0.4, -0.2) is 57.5 Å². The van der Waals surface area contributed by atoms with Crippen LogP contribution in [0.2, 0.25) is 0 Å². The maximum absolute atomic E-state index is 12.5. The van der Waals surface area contributed by atoms with Crippen LogP contribution in [0.1, 0.15) is 42.7 Å². The monoisotopic (exact) mass is 396 g/mol. The van der Waals surface area contributed by atoms with E-state index in [0.717, 1.165) is 13.0 Å². The summed E-state index contributed by atoms with van der Waals surface area (Å²) in [4.78, 5) is 14.8. The van der Waals surface area contributed by atoms with E-state index >= 15 is 0 Å². The topological polar surface area (TPSA) is 70.4 Å². The van der Waals surface area contributed by atoms with Crippen LogP contribution in [0.4, 0.5) is 0 Å². The van der Waals surface area contributed by atoms with E-state index in [9.17, 15) is 9.90 Å². The molecule has 0 bridgehead atoms. The van der Waals surface area contributed by atoms with Crippen molar-refractivity contribution in [3.8, 4) is 0 Å². The summed E-state index contributed by atoms with van der Waals surface area (Å²) in [5.41, 5.74) is 3.01. The van der Waals surface area contributed by atoms with E-state index < -0.39 is 6.10 Å². The lowest BCUT2D eigenvalue weighted by molar-refractivity contribution is 0.0549. The molecule has 1 amide bonds. The van der Waals surface area contributed by atoms with Crippen LogP contribution in [0, 0.1) is 5.92 Å². The molecule has 1 aromatic carbocycles. The number of amides is 1. The zero-order valence-corrected chi connectivity index (χ0v) is 17.6. The smallest absolute Gasteiger partial charge is 0.269 e. The van der Waals surface area contributed by atoms with Crippen molar-refractivity contribution < 1.29 is 9.90 Å². The SMILES string of the molecule is CC(C)CC=C(CN1C[C@H](O)C[C@H](NC(=O)c2ccnn2C)C1)c1ccccc1. The predicted molar refractivity (Wildman–Crippen MR) is 115 cm³/mol. The van der Waals surface area contributed by atoms with Gasteiger partial charge in [-0.2, -0.15) is 5.10 Å². The Kier molecular flexibility index (Phi) is 7.23. The van der Waals surface area contributed by atoms with Crippen LogP contribution in [-0.2, 0) is 7.05 Å². The lowest BCUT2D eigenvalue weighted by Gasteiger charge is -2.36. The Morgan fingerprint density at radius 3 is 2.69 bits per heavy atom. The molecule has 156 valence electrons. The van der Waals surface area contributed by atoms with Crippen molar-refractivity contribution >= 4 is 11.5 Å². The van der Waals surface area contributed by atoms with E-state index in [1.165, 1.54) is 11.1 Å². The van der Waals surface area contributed by atoms with Gasteiger partial charge in [-0.05, 0) is 36.0 Å². The molecular formula is C23H32N4O2. The lowest BCUT2D eigenvalue weighted by Crippen LogP contribution is -2.53. The van der Waals surface area contributed by atoms with Crippen LogP contribution < -0.4 is 5.32 Å². The number of hydrogen-bond donors (Lipinski definition) is 2. The predicted octanol–water partition coefficient (Wildman–Crippen LogP) is 2.71. The Morgan fingerprint density at radius 1 is 1.28 bits per heavy atom. The number of carbonyl (C=O) groups is 1. The molecule has 0 aliphatic carbocycles. The largest absolute Gasteiger partial charge is 0.392 e. The minimum absolute atomic E-state index is 0.0942. The molecular weight excluding hydrogens is 364 g/mol. The van der Waals surface area contributed by atoms with Gasteiger partial charge in [0.25, 0.3) is 5.91 Å². The normalized spacial score (nSPS) is 20.8. The van der Waals surface area contributed by atoms with Gasteiger partial charge in [0.15, 0.2) is 0 Å². The number of likely N-dealkylation sites (tertiary alicyclic amines) is 1. The summed E-state index contributed by atoms with van der Waals surface area (Å²) < 4.78 is 1.56. The standard InChI is InChI=1S/C23H32N4O2/c1-17(2)9-10-19(18-7-5-4-6-8-18)14-27-15-20(13-21(28)16-27)25-23(29)22-11-12-24-26(22)3/h4-8,10-12,17,20-21,28H,9,13-16H2,1-3H3,(H,25,29)/t20-,21+/m0/s1. The van der Waals surface area contributed by atoms with Crippen LogP contribution in [0.3, 0.4) is 0 Å². The fraction of sp³-hybridized carbons (Fsp3) is 0.478. The molecule has 0 spiro atoms. The first kappa shape index (κ1) is 21.3. The number of aliphatic hydroxyl groups excluding tert-OH is 1. The number of β-amino-alcohol motifs (C(OH)–C–C–N with tert-alkyl or cyclic N) is 1. The van der Waals surface area contributed by atoms with Crippen molar-refractivity contribution in [3.05, 3.63) is 59.9 Å². The second-order valence-corrected chi connectivity index (χ2v) is 8.32. The third-order valence-electron chi connectivity index (χ3n) is 5.27. The maximum atomic E-state index is 12.5. The summed E-state index contributed by atoms with van der Waals surface area (Å²) in [7, 11) is 1.75. The van der Waals surface area contributed by atoms with Crippen molar-refractivity contribution in [1.82, 2.24) is 20.0 Å². The highest BCUT2D eigenvalue weighted by molar-refractivity contribution is 5.92. The van der Waals surface area contributed by atoms with Gasteiger partial charge in [0.2, 0.25) is 0 Å². The van der Waals surface area contributed by atoms with Gasteiger partial charge in [0.1, 0.15) is 5.69 Å². The molecule has 29 heavy (non-hydrogen) atoms. The summed E-state index contributed by atoms with van der Waals surface area (Å²) in [6, 6.07) is 12.0. The van der Waals surface area contributed by atoms with Crippen molar-refractivity contribution in [2.24, 2.45) is 13.0 Å². The van der Waals surface area contributed by atoms with Crippen LogP contribution in [0.5, 0.6) is 0 Å². The van der Waals surface area contributed by atoms with E-state index in [-0.39, 0.29) is 11.9 Å². The van der Waals surface area contributed by atoms with E-state index in [1.807, 2.05) is 6.07 Å². The zero-order chi connectivity index (χ0) is 20.8. The summed E-state index contributed by atoms with van der Waals surface area (Å²) >= 11 is 0. The lowest BCUT2D eigenvalue weighted by atomic mass is 9.98.